The van der Waals surface area contributed by atoms with E-state index >= 15 is 0 Å². The first-order chi connectivity index (χ1) is 12.5. The number of hydrogen-bond acceptors (Lipinski definition) is 4. The van der Waals surface area contributed by atoms with Gasteiger partial charge >= 0.3 is 0 Å². The summed E-state index contributed by atoms with van der Waals surface area (Å²) in [6, 6.07) is 16.2. The summed E-state index contributed by atoms with van der Waals surface area (Å²) in [5.74, 6) is -0.127. The van der Waals surface area contributed by atoms with Crippen molar-refractivity contribution in [2.45, 2.75) is 12.8 Å². The molecule has 0 spiro atoms. The normalized spacial score (nSPS) is 10.9. The second-order valence-corrected chi connectivity index (χ2v) is 5.52. The van der Waals surface area contributed by atoms with E-state index in [0.29, 0.717) is 0 Å². The molecule has 8 nitrogen and oxygen atoms in total. The molecule has 0 unspecified atom stereocenters. The lowest BCUT2D eigenvalue weighted by Gasteiger charge is -2.03. The van der Waals surface area contributed by atoms with E-state index in [1.165, 1.54) is 11.1 Å². The first kappa shape index (κ1) is 18.7. The third-order valence-electron chi connectivity index (χ3n) is 3.42. The molecule has 0 radical (unpaired) electrons. The summed E-state index contributed by atoms with van der Waals surface area (Å²) in [4.78, 5) is 0. The Balaban J connectivity index is 1.88. The number of aryl methyl sites for hydroxylation is 2. The van der Waals surface area contributed by atoms with E-state index in [-0.39, 0.29) is 11.9 Å². The van der Waals surface area contributed by atoms with Gasteiger partial charge in [-0.1, -0.05) is 48.5 Å². The fourth-order valence-corrected chi connectivity index (χ4v) is 2.15. The summed E-state index contributed by atoms with van der Waals surface area (Å²) >= 11 is 0. The molecule has 0 bridgehead atoms. The van der Waals surface area contributed by atoms with Crippen molar-refractivity contribution in [3.63, 3.8) is 0 Å². The van der Waals surface area contributed by atoms with Gasteiger partial charge in [0.05, 0.1) is 12.4 Å². The van der Waals surface area contributed by atoms with Crippen LogP contribution in [0.5, 0.6) is 0 Å². The highest BCUT2D eigenvalue weighted by Gasteiger charge is 1.97. The number of nitrogens with zero attached hydrogens (tertiary/aromatic N) is 4. The fraction of sp³-hybridized carbons (Fsp3) is 0.111. The molecule has 2 aromatic rings. The van der Waals surface area contributed by atoms with Crippen molar-refractivity contribution in [1.82, 2.24) is 0 Å². The van der Waals surface area contributed by atoms with Gasteiger partial charge in [-0.05, 0) is 35.1 Å². The molecule has 2 rings (SSSR count). The van der Waals surface area contributed by atoms with Crippen molar-refractivity contribution in [1.29, 1.82) is 0 Å². The van der Waals surface area contributed by atoms with Crippen LogP contribution in [-0.2, 0) is 12.8 Å². The topological polar surface area (TPSA) is 154 Å². The molecule has 0 amide bonds. The maximum Gasteiger partial charge on any atom is 0.211 e. The van der Waals surface area contributed by atoms with Crippen molar-refractivity contribution in [3.05, 3.63) is 70.8 Å². The Morgan fingerprint density at radius 3 is 1.27 bits per heavy atom. The van der Waals surface area contributed by atoms with Gasteiger partial charge in [0.15, 0.2) is 0 Å². The molecule has 0 aliphatic carbocycles. The zero-order valence-corrected chi connectivity index (χ0v) is 14.3. The molecule has 0 aliphatic heterocycles. The van der Waals surface area contributed by atoms with Crippen LogP contribution in [0.25, 0.3) is 0 Å². The lowest BCUT2D eigenvalue weighted by Crippen LogP contribution is -2.21. The highest BCUT2D eigenvalue weighted by atomic mass is 15.3. The SMILES string of the molecule is NC(N)=N/N=C/c1ccc(CCc2ccc(/C=N/N=C(N)N)cc2)cc1. The van der Waals surface area contributed by atoms with Crippen molar-refractivity contribution < 1.29 is 0 Å². The Kier molecular flexibility index (Phi) is 6.87. The molecule has 0 heterocycles. The van der Waals surface area contributed by atoms with E-state index < -0.39 is 0 Å². The van der Waals surface area contributed by atoms with E-state index in [4.69, 9.17) is 22.9 Å². The van der Waals surface area contributed by atoms with Gasteiger partial charge in [-0.3, -0.25) is 0 Å². The molecular weight excluding hydrogens is 328 g/mol. The molecule has 0 fully saturated rings. The summed E-state index contributed by atoms with van der Waals surface area (Å²) < 4.78 is 0. The highest BCUT2D eigenvalue weighted by molar-refractivity contribution is 5.82. The van der Waals surface area contributed by atoms with E-state index in [1.807, 2.05) is 24.3 Å². The molecule has 2 aromatic carbocycles. The van der Waals surface area contributed by atoms with Gasteiger partial charge in [-0.15, -0.1) is 10.2 Å². The first-order valence-electron chi connectivity index (χ1n) is 7.95. The van der Waals surface area contributed by atoms with Crippen molar-refractivity contribution in [2.75, 3.05) is 0 Å². The van der Waals surface area contributed by atoms with Crippen LogP contribution in [0.4, 0.5) is 0 Å². The summed E-state index contributed by atoms with van der Waals surface area (Å²) in [6.07, 6.45) is 5.08. The van der Waals surface area contributed by atoms with Gasteiger partial charge < -0.3 is 22.9 Å². The van der Waals surface area contributed by atoms with Crippen LogP contribution in [0.1, 0.15) is 22.3 Å². The maximum atomic E-state index is 5.21. The molecule has 0 atom stereocenters. The molecule has 0 aromatic heterocycles. The second kappa shape index (κ2) is 9.58. The van der Waals surface area contributed by atoms with Gasteiger partial charge in [-0.25, -0.2) is 0 Å². The minimum Gasteiger partial charge on any atom is -0.369 e. The zero-order chi connectivity index (χ0) is 18.8. The standard InChI is InChI=1S/C18H22N8/c19-17(20)25-23-11-15-7-3-13(4-8-15)1-2-14-5-9-16(10-6-14)12-24-26-18(21)22/h3-12H,1-2H2,(H4,19,20,25)(H4,21,22,26)/b23-11+,24-12+. The molecule has 134 valence electrons. The van der Waals surface area contributed by atoms with Gasteiger partial charge in [0.1, 0.15) is 0 Å². The summed E-state index contributed by atoms with van der Waals surface area (Å²) in [7, 11) is 0. The van der Waals surface area contributed by atoms with E-state index in [9.17, 15) is 0 Å². The van der Waals surface area contributed by atoms with Crippen LogP contribution in [-0.4, -0.2) is 24.3 Å². The molecule has 8 N–H and O–H groups in total. The molecule has 0 saturated heterocycles. The summed E-state index contributed by atoms with van der Waals surface area (Å²) in [6.45, 7) is 0. The molecule has 8 heteroatoms. The molecule has 26 heavy (non-hydrogen) atoms. The molecular formula is C18H22N8. The van der Waals surface area contributed by atoms with Crippen LogP contribution >= 0.6 is 0 Å². The number of benzene rings is 2. The lowest BCUT2D eigenvalue weighted by atomic mass is 10.0. The first-order valence-corrected chi connectivity index (χ1v) is 7.95. The number of rotatable bonds is 7. The zero-order valence-electron chi connectivity index (χ0n) is 14.3. The number of hydrogen-bond donors (Lipinski definition) is 4. The van der Waals surface area contributed by atoms with Crippen molar-refractivity contribution >= 4 is 24.3 Å². The van der Waals surface area contributed by atoms with Crippen LogP contribution in [0.15, 0.2) is 68.9 Å². The average molecular weight is 350 g/mol. The smallest absolute Gasteiger partial charge is 0.211 e. The van der Waals surface area contributed by atoms with Gasteiger partial charge in [0.2, 0.25) is 11.9 Å². The van der Waals surface area contributed by atoms with E-state index in [2.05, 4.69) is 44.7 Å². The third kappa shape index (κ3) is 6.83. The van der Waals surface area contributed by atoms with Crippen molar-refractivity contribution in [2.24, 2.45) is 43.3 Å². The van der Waals surface area contributed by atoms with E-state index in [0.717, 1.165) is 24.0 Å². The minimum absolute atomic E-state index is 0.0635. The Hall–Kier alpha value is -3.68. The van der Waals surface area contributed by atoms with Gasteiger partial charge in [-0.2, -0.15) is 10.2 Å². The fourth-order valence-electron chi connectivity index (χ4n) is 2.15. The average Bonchev–Trinajstić information content (AvgIpc) is 2.61. The Labute approximate surface area is 152 Å². The second-order valence-electron chi connectivity index (χ2n) is 5.52. The number of guanidine groups is 2. The Morgan fingerprint density at radius 1 is 0.615 bits per heavy atom. The lowest BCUT2D eigenvalue weighted by molar-refractivity contribution is 0.960. The molecule has 0 saturated carbocycles. The maximum absolute atomic E-state index is 5.21. The predicted octanol–water partition coefficient (Wildman–Crippen LogP) is 0.686. The number of nitrogens with two attached hydrogens (primary N) is 4. The largest absolute Gasteiger partial charge is 0.369 e. The summed E-state index contributed by atoms with van der Waals surface area (Å²) in [5, 5.41) is 14.7. The Bertz CT molecular complexity index is 738. The predicted molar refractivity (Wildman–Crippen MR) is 107 cm³/mol. The molecule has 0 aliphatic rings. The van der Waals surface area contributed by atoms with Crippen LogP contribution in [0, 0.1) is 0 Å². The third-order valence-corrected chi connectivity index (χ3v) is 3.42. The van der Waals surface area contributed by atoms with Gasteiger partial charge in [0.25, 0.3) is 0 Å². The summed E-state index contributed by atoms with van der Waals surface area (Å²) in [5.41, 5.74) is 25.2. The monoisotopic (exact) mass is 350 g/mol. The van der Waals surface area contributed by atoms with Crippen LogP contribution in [0.2, 0.25) is 0 Å². The van der Waals surface area contributed by atoms with Gasteiger partial charge in [0, 0.05) is 0 Å². The quantitative estimate of drug-likeness (QED) is 0.329. The highest BCUT2D eigenvalue weighted by Crippen LogP contribution is 2.10. The van der Waals surface area contributed by atoms with E-state index in [1.54, 1.807) is 12.4 Å². The minimum atomic E-state index is -0.0635. The van der Waals surface area contributed by atoms with Crippen LogP contribution < -0.4 is 22.9 Å². The Morgan fingerprint density at radius 2 is 0.962 bits per heavy atom. The van der Waals surface area contributed by atoms with Crippen LogP contribution in [0.3, 0.4) is 0 Å². The van der Waals surface area contributed by atoms with Crippen molar-refractivity contribution in [3.8, 4) is 0 Å².